The first-order valence-electron chi connectivity index (χ1n) is 3.70. The van der Waals surface area contributed by atoms with Gasteiger partial charge >= 0.3 is 25.8 Å². The zero-order valence-electron chi connectivity index (χ0n) is 6.78. The van der Waals surface area contributed by atoms with Crippen LogP contribution < -0.4 is 0 Å². The van der Waals surface area contributed by atoms with E-state index in [4.69, 9.17) is 4.74 Å². The monoisotopic (exact) mass is 238 g/mol. The number of hydrogen-bond acceptors (Lipinski definition) is 3. The number of para-hydroxylation sites is 1. The Labute approximate surface area is 89.8 Å². The van der Waals surface area contributed by atoms with E-state index < -0.39 is 5.97 Å². The van der Waals surface area contributed by atoms with Crippen LogP contribution in [-0.4, -0.2) is 37.5 Å². The third-order valence-electron chi connectivity index (χ3n) is 1.40. The minimum atomic E-state index is -0.490. The first-order valence-corrected chi connectivity index (χ1v) is 3.70. The topological polar surface area (TPSA) is 46.5 Å². The molecule has 1 rings (SSSR count). The van der Waals surface area contributed by atoms with E-state index >= 15 is 0 Å². The molecule has 0 aliphatic rings. The summed E-state index contributed by atoms with van der Waals surface area (Å²) in [5.74, 6) is -0.536. The Bertz CT molecular complexity index is 286. The van der Waals surface area contributed by atoms with Crippen LogP contribution in [0.5, 0.6) is 5.75 Å². The summed E-state index contributed by atoms with van der Waals surface area (Å²) in [5, 5.41) is 9.21. The third kappa shape index (κ3) is 3.16. The molecule has 0 spiro atoms. The number of carbonyl (C=O) groups is 1. The van der Waals surface area contributed by atoms with Crippen LogP contribution in [0.2, 0.25) is 0 Å². The average Bonchev–Trinajstić information content (AvgIpc) is 2.05. The molecule has 1 aromatic rings. The average molecular weight is 239 g/mol. The third-order valence-corrected chi connectivity index (χ3v) is 1.40. The van der Waals surface area contributed by atoms with E-state index in [1.54, 1.807) is 19.1 Å². The van der Waals surface area contributed by atoms with Gasteiger partial charge < -0.3 is 9.84 Å². The number of hydrogen-bond donors (Lipinski definition) is 1. The molecule has 3 nitrogen and oxygen atoms in total. The van der Waals surface area contributed by atoms with Crippen molar-refractivity contribution in [2.45, 2.75) is 6.92 Å². The van der Waals surface area contributed by atoms with Gasteiger partial charge in [-0.05, 0) is 19.1 Å². The Hall–Kier alpha value is -0.874. The van der Waals surface area contributed by atoms with Crippen LogP contribution in [0.1, 0.15) is 17.3 Å². The Balaban J connectivity index is 0.00000144. The van der Waals surface area contributed by atoms with Gasteiger partial charge in [-0.1, -0.05) is 12.1 Å². The first-order chi connectivity index (χ1) is 5.75. The molecule has 1 aromatic carbocycles. The van der Waals surface area contributed by atoms with Gasteiger partial charge in [0.15, 0.2) is 0 Å². The predicted octanol–water partition coefficient (Wildman–Crippen LogP) is 0.385. The molecule has 0 aliphatic heterocycles. The van der Waals surface area contributed by atoms with Crippen molar-refractivity contribution in [3.8, 4) is 5.75 Å². The van der Waals surface area contributed by atoms with Gasteiger partial charge in [-0.2, -0.15) is 0 Å². The summed E-state index contributed by atoms with van der Waals surface area (Å²) in [5.41, 5.74) is 0.208. The predicted molar refractivity (Wildman–Crippen MR) is 54.0 cm³/mol. The molecule has 0 unspecified atom stereocenters. The van der Waals surface area contributed by atoms with E-state index in [1.807, 2.05) is 0 Å². The molecular weight excluding hydrogens is 226 g/mol. The quantitative estimate of drug-likeness (QED) is 0.599. The van der Waals surface area contributed by atoms with Gasteiger partial charge in [-0.15, -0.1) is 0 Å². The SMILES string of the molecule is CCOC(=O)c1ccccc1O.[GaH3]. The zero-order chi connectivity index (χ0) is 8.97. The first kappa shape index (κ1) is 12.1. The van der Waals surface area contributed by atoms with Gasteiger partial charge in [0.25, 0.3) is 0 Å². The normalized spacial score (nSPS) is 8.69. The fourth-order valence-corrected chi connectivity index (χ4v) is 0.855. The molecule has 0 aromatic heterocycles. The molecule has 0 saturated carbocycles. The summed E-state index contributed by atoms with van der Waals surface area (Å²) >= 11 is 0. The van der Waals surface area contributed by atoms with Gasteiger partial charge in [-0.25, -0.2) is 4.79 Å². The molecule has 13 heavy (non-hydrogen) atoms. The van der Waals surface area contributed by atoms with E-state index in [1.165, 1.54) is 12.1 Å². The van der Waals surface area contributed by atoms with Crippen LogP contribution in [-0.2, 0) is 4.74 Å². The maximum absolute atomic E-state index is 11.1. The van der Waals surface area contributed by atoms with E-state index in [0.29, 0.717) is 6.61 Å². The van der Waals surface area contributed by atoms with Gasteiger partial charge in [0, 0.05) is 0 Å². The second kappa shape index (κ2) is 5.72. The Morgan fingerprint density at radius 1 is 1.46 bits per heavy atom. The molecule has 70 valence electrons. The van der Waals surface area contributed by atoms with E-state index in [2.05, 4.69) is 0 Å². The minimum absolute atomic E-state index is 0. The molecule has 0 heterocycles. The van der Waals surface area contributed by atoms with Crippen LogP contribution in [0.25, 0.3) is 0 Å². The van der Waals surface area contributed by atoms with Gasteiger partial charge in [0.2, 0.25) is 0 Å². The number of carbonyl (C=O) groups excluding carboxylic acids is 1. The van der Waals surface area contributed by atoms with Crippen LogP contribution in [0.15, 0.2) is 24.3 Å². The number of ether oxygens (including phenoxy) is 1. The Kier molecular flexibility index (Phi) is 5.33. The summed E-state index contributed by atoms with van der Waals surface area (Å²) in [6.45, 7) is 2.03. The van der Waals surface area contributed by atoms with Crippen LogP contribution in [0.3, 0.4) is 0 Å². The fourth-order valence-electron chi connectivity index (χ4n) is 0.855. The molecule has 0 fully saturated rings. The van der Waals surface area contributed by atoms with Crippen molar-refractivity contribution in [3.05, 3.63) is 29.8 Å². The molecular formula is C9H13GaO3. The number of rotatable bonds is 2. The number of phenols is 1. The van der Waals surface area contributed by atoms with E-state index in [9.17, 15) is 9.90 Å². The molecule has 0 radical (unpaired) electrons. The molecule has 0 saturated heterocycles. The van der Waals surface area contributed by atoms with Crippen LogP contribution in [0, 0.1) is 0 Å². The van der Waals surface area contributed by atoms with Crippen molar-refractivity contribution < 1.29 is 14.6 Å². The number of phenolic OH excluding ortho intramolecular Hbond substituents is 1. The number of esters is 1. The van der Waals surface area contributed by atoms with Crippen molar-refractivity contribution >= 4 is 25.8 Å². The zero-order valence-corrected chi connectivity index (χ0v) is 6.78. The van der Waals surface area contributed by atoms with Crippen molar-refractivity contribution in [1.82, 2.24) is 0 Å². The van der Waals surface area contributed by atoms with E-state index in [-0.39, 0.29) is 31.1 Å². The van der Waals surface area contributed by atoms with Crippen molar-refractivity contribution in [3.63, 3.8) is 0 Å². The molecule has 0 atom stereocenters. The summed E-state index contributed by atoms with van der Waals surface area (Å²) in [4.78, 5) is 11.1. The van der Waals surface area contributed by atoms with Gasteiger partial charge in [-0.3, -0.25) is 0 Å². The summed E-state index contributed by atoms with van der Waals surface area (Å²) < 4.78 is 4.71. The fraction of sp³-hybridized carbons (Fsp3) is 0.222. The summed E-state index contributed by atoms with van der Waals surface area (Å²) in [6.07, 6.45) is 0. The maximum atomic E-state index is 11.1. The Morgan fingerprint density at radius 3 is 2.62 bits per heavy atom. The standard InChI is InChI=1S/C9H10O3.Ga.3H/c1-2-12-9(11)7-5-3-4-6-8(7)10;;;;/h3-6,10H,2H2,1H3;;;;. The second-order valence-electron chi connectivity index (χ2n) is 2.24. The van der Waals surface area contributed by atoms with Crippen LogP contribution in [0.4, 0.5) is 0 Å². The van der Waals surface area contributed by atoms with Crippen LogP contribution >= 0.6 is 0 Å². The number of aromatic hydroxyl groups is 1. The Morgan fingerprint density at radius 2 is 2.08 bits per heavy atom. The van der Waals surface area contributed by atoms with Crippen molar-refractivity contribution in [2.75, 3.05) is 6.61 Å². The van der Waals surface area contributed by atoms with Gasteiger partial charge in [0.1, 0.15) is 11.3 Å². The van der Waals surface area contributed by atoms with Crippen molar-refractivity contribution in [1.29, 1.82) is 0 Å². The molecule has 0 bridgehead atoms. The summed E-state index contributed by atoms with van der Waals surface area (Å²) in [7, 11) is 0. The molecule has 1 N–H and O–H groups in total. The molecule has 0 aliphatic carbocycles. The van der Waals surface area contributed by atoms with Gasteiger partial charge in [0.05, 0.1) is 6.61 Å². The van der Waals surface area contributed by atoms with E-state index in [0.717, 1.165) is 0 Å². The molecule has 4 heteroatoms. The summed E-state index contributed by atoms with van der Waals surface area (Å²) in [6, 6.07) is 6.30. The van der Waals surface area contributed by atoms with Crippen molar-refractivity contribution in [2.24, 2.45) is 0 Å². The molecule has 0 amide bonds. The number of benzene rings is 1. The second-order valence-corrected chi connectivity index (χ2v) is 2.24.